The van der Waals surface area contributed by atoms with Crippen molar-refractivity contribution < 1.29 is 19.4 Å². The number of phenols is 1. The fraction of sp³-hybridized carbons (Fsp3) is 0.107. The number of aromatic hydroxyl groups is 1. The van der Waals surface area contributed by atoms with E-state index < -0.39 is 5.91 Å². The van der Waals surface area contributed by atoms with Gasteiger partial charge in [-0.25, -0.2) is 5.43 Å². The molecule has 7 heteroatoms. The van der Waals surface area contributed by atoms with Crippen LogP contribution in [0.4, 0.5) is 0 Å². The van der Waals surface area contributed by atoms with Gasteiger partial charge >= 0.3 is 0 Å². The van der Waals surface area contributed by atoms with Crippen molar-refractivity contribution in [1.82, 2.24) is 10.7 Å². The van der Waals surface area contributed by atoms with Gasteiger partial charge in [0.05, 0.1) is 11.8 Å². The molecule has 0 radical (unpaired) electrons. The van der Waals surface area contributed by atoms with Gasteiger partial charge in [-0.3, -0.25) is 9.59 Å². The van der Waals surface area contributed by atoms with E-state index in [1.165, 1.54) is 6.21 Å². The molecule has 0 atom stereocenters. The molecule has 0 saturated carbocycles. The Kier molecular flexibility index (Phi) is 7.70. The van der Waals surface area contributed by atoms with E-state index in [4.69, 9.17) is 4.74 Å². The van der Waals surface area contributed by atoms with Gasteiger partial charge in [0.1, 0.15) is 11.5 Å². The third kappa shape index (κ3) is 6.68. The van der Waals surface area contributed by atoms with Crippen molar-refractivity contribution in [1.29, 1.82) is 0 Å². The fourth-order valence-corrected chi connectivity index (χ4v) is 3.48. The van der Waals surface area contributed by atoms with Crippen LogP contribution in [0.2, 0.25) is 0 Å². The number of amides is 2. The summed E-state index contributed by atoms with van der Waals surface area (Å²) in [5.41, 5.74) is 4.46. The summed E-state index contributed by atoms with van der Waals surface area (Å²) >= 11 is 0. The highest BCUT2D eigenvalue weighted by Gasteiger charge is 2.11. The van der Waals surface area contributed by atoms with Crippen LogP contribution in [0.1, 0.15) is 21.5 Å². The summed E-state index contributed by atoms with van der Waals surface area (Å²) < 4.78 is 5.52. The quantitative estimate of drug-likeness (QED) is 0.255. The number of benzene rings is 4. The lowest BCUT2D eigenvalue weighted by atomic mass is 10.1. The number of rotatable bonds is 9. The van der Waals surface area contributed by atoms with Crippen LogP contribution in [0.3, 0.4) is 0 Å². The van der Waals surface area contributed by atoms with Crippen molar-refractivity contribution in [3.63, 3.8) is 0 Å². The number of hydrogen-bond donors (Lipinski definition) is 3. The fourth-order valence-electron chi connectivity index (χ4n) is 3.48. The average molecular weight is 468 g/mol. The van der Waals surface area contributed by atoms with Crippen LogP contribution < -0.4 is 15.5 Å². The Morgan fingerprint density at radius 1 is 0.886 bits per heavy atom. The van der Waals surface area contributed by atoms with Crippen molar-refractivity contribution in [3.8, 4) is 11.5 Å². The number of nitrogens with one attached hydrogen (secondary N) is 2. The van der Waals surface area contributed by atoms with Gasteiger partial charge in [0.2, 0.25) is 0 Å². The molecule has 0 aromatic heterocycles. The zero-order valence-corrected chi connectivity index (χ0v) is 19.0. The summed E-state index contributed by atoms with van der Waals surface area (Å²) in [6.07, 6.45) is 2.24. The van der Waals surface area contributed by atoms with Gasteiger partial charge < -0.3 is 15.2 Å². The van der Waals surface area contributed by atoms with Gasteiger partial charge in [-0.05, 0) is 64.7 Å². The Balaban J connectivity index is 1.23. The maximum atomic E-state index is 12.4. The number of carbonyl (C=O) groups is 2. The van der Waals surface area contributed by atoms with Gasteiger partial charge in [-0.1, -0.05) is 54.6 Å². The van der Waals surface area contributed by atoms with Gasteiger partial charge in [-0.2, -0.15) is 5.10 Å². The molecule has 0 unspecified atom stereocenters. The predicted octanol–water partition coefficient (Wildman–Crippen LogP) is 4.05. The zero-order chi connectivity index (χ0) is 24.5. The van der Waals surface area contributed by atoms with Crippen LogP contribution in [-0.4, -0.2) is 36.3 Å². The highest BCUT2D eigenvalue weighted by atomic mass is 16.5. The summed E-state index contributed by atoms with van der Waals surface area (Å²) in [4.78, 5) is 24.4. The standard InChI is InChI=1S/C28H25N3O4/c32-26-17-23-9-5-4-8-22(23)16-25(26)28(34)31-30-18-21-10-12-24(13-11-21)35-19-27(33)29-15-14-20-6-2-1-3-7-20/h1-13,16-18,32H,14-15,19H2,(H,29,33)(H,31,34)/b30-18+. The largest absolute Gasteiger partial charge is 0.507 e. The van der Waals surface area contributed by atoms with Crippen LogP contribution in [0.5, 0.6) is 11.5 Å². The number of nitrogens with zero attached hydrogens (tertiary/aromatic N) is 1. The summed E-state index contributed by atoms with van der Waals surface area (Å²) in [6, 6.07) is 27.5. The average Bonchev–Trinajstić information content (AvgIpc) is 2.88. The van der Waals surface area contributed by atoms with E-state index in [-0.39, 0.29) is 23.8 Å². The first kappa shape index (κ1) is 23.5. The number of hydrazone groups is 1. The minimum absolute atomic E-state index is 0.0759. The van der Waals surface area contributed by atoms with Gasteiger partial charge in [-0.15, -0.1) is 0 Å². The predicted molar refractivity (Wildman–Crippen MR) is 136 cm³/mol. The van der Waals surface area contributed by atoms with Crippen LogP contribution in [0, 0.1) is 0 Å². The monoisotopic (exact) mass is 467 g/mol. The molecule has 0 aliphatic carbocycles. The van der Waals surface area contributed by atoms with E-state index >= 15 is 0 Å². The second kappa shape index (κ2) is 11.5. The van der Waals surface area contributed by atoms with Crippen LogP contribution in [0.25, 0.3) is 10.8 Å². The number of ether oxygens (including phenoxy) is 1. The van der Waals surface area contributed by atoms with E-state index in [1.807, 2.05) is 54.6 Å². The van der Waals surface area contributed by atoms with Crippen LogP contribution in [0.15, 0.2) is 96.1 Å². The number of carbonyl (C=O) groups excluding carboxylic acids is 2. The minimum Gasteiger partial charge on any atom is -0.507 e. The van der Waals surface area contributed by atoms with Crippen molar-refractivity contribution in [2.45, 2.75) is 6.42 Å². The van der Waals surface area contributed by atoms with E-state index in [2.05, 4.69) is 15.8 Å². The SMILES string of the molecule is O=C(COc1ccc(/C=N/NC(=O)c2cc3ccccc3cc2O)cc1)NCCc1ccccc1. The topological polar surface area (TPSA) is 100 Å². The molecule has 3 N–H and O–H groups in total. The van der Waals surface area contributed by atoms with Crippen molar-refractivity contribution in [2.24, 2.45) is 5.10 Å². The summed E-state index contributed by atoms with van der Waals surface area (Å²) in [5.74, 6) is -0.263. The number of hydrogen-bond acceptors (Lipinski definition) is 5. The first-order valence-electron chi connectivity index (χ1n) is 11.2. The Hall–Kier alpha value is -4.65. The Bertz CT molecular complexity index is 1340. The van der Waals surface area contributed by atoms with E-state index in [0.717, 1.165) is 28.3 Å². The van der Waals surface area contributed by atoms with Gasteiger partial charge in [0, 0.05) is 6.54 Å². The zero-order valence-electron chi connectivity index (χ0n) is 19.0. The summed E-state index contributed by atoms with van der Waals surface area (Å²) in [6.45, 7) is 0.470. The van der Waals surface area contributed by atoms with E-state index in [9.17, 15) is 14.7 Å². The molecule has 176 valence electrons. The lowest BCUT2D eigenvalue weighted by Gasteiger charge is -2.08. The maximum Gasteiger partial charge on any atom is 0.275 e. The molecule has 2 amide bonds. The van der Waals surface area contributed by atoms with E-state index in [0.29, 0.717) is 12.3 Å². The molecule has 0 fully saturated rings. The molecule has 0 aliphatic heterocycles. The molecule has 0 saturated heterocycles. The van der Waals surface area contributed by atoms with Crippen molar-refractivity contribution in [2.75, 3.05) is 13.2 Å². The Morgan fingerprint density at radius 2 is 1.57 bits per heavy atom. The molecule has 7 nitrogen and oxygen atoms in total. The maximum absolute atomic E-state index is 12.4. The molecule has 0 aliphatic rings. The molecule has 0 spiro atoms. The summed E-state index contributed by atoms with van der Waals surface area (Å²) in [5, 5.41) is 18.6. The van der Waals surface area contributed by atoms with Gasteiger partial charge in [0.25, 0.3) is 11.8 Å². The Morgan fingerprint density at radius 3 is 2.31 bits per heavy atom. The van der Waals surface area contributed by atoms with Crippen molar-refractivity contribution >= 4 is 28.8 Å². The van der Waals surface area contributed by atoms with E-state index in [1.54, 1.807) is 36.4 Å². The van der Waals surface area contributed by atoms with Gasteiger partial charge in [0.15, 0.2) is 6.61 Å². The normalized spacial score (nSPS) is 10.9. The first-order chi connectivity index (χ1) is 17.1. The summed E-state index contributed by atoms with van der Waals surface area (Å²) in [7, 11) is 0. The van der Waals surface area contributed by atoms with Crippen molar-refractivity contribution in [3.05, 3.63) is 108 Å². The molecule has 35 heavy (non-hydrogen) atoms. The van der Waals surface area contributed by atoms with Crippen LogP contribution in [-0.2, 0) is 11.2 Å². The highest BCUT2D eigenvalue weighted by molar-refractivity contribution is 6.01. The molecular formula is C28H25N3O4. The number of fused-ring (bicyclic) bond motifs is 1. The van der Waals surface area contributed by atoms with Crippen LogP contribution >= 0.6 is 0 Å². The smallest absolute Gasteiger partial charge is 0.275 e. The second-order valence-electron chi connectivity index (χ2n) is 7.86. The highest BCUT2D eigenvalue weighted by Crippen LogP contribution is 2.24. The molecule has 4 aromatic carbocycles. The molecule has 4 rings (SSSR count). The molecule has 4 aromatic rings. The first-order valence-corrected chi connectivity index (χ1v) is 11.2. The minimum atomic E-state index is -0.511. The molecule has 0 bridgehead atoms. The molecule has 0 heterocycles. The molecular weight excluding hydrogens is 442 g/mol. The lowest BCUT2D eigenvalue weighted by molar-refractivity contribution is -0.123. The number of phenolic OH excluding ortho intramolecular Hbond substituents is 1. The third-order valence-corrected chi connectivity index (χ3v) is 5.32. The third-order valence-electron chi connectivity index (χ3n) is 5.32. The second-order valence-corrected chi connectivity index (χ2v) is 7.86. The Labute approximate surface area is 203 Å². The lowest BCUT2D eigenvalue weighted by Crippen LogP contribution is -2.30.